The van der Waals surface area contributed by atoms with E-state index < -0.39 is 0 Å². The van der Waals surface area contributed by atoms with E-state index in [9.17, 15) is 9.59 Å². The summed E-state index contributed by atoms with van der Waals surface area (Å²) in [5.74, 6) is -0.126. The molecule has 1 aromatic carbocycles. The van der Waals surface area contributed by atoms with Gasteiger partial charge in [0.2, 0.25) is 0 Å². The second-order valence-electron chi connectivity index (χ2n) is 6.09. The van der Waals surface area contributed by atoms with Gasteiger partial charge in [0.15, 0.2) is 5.65 Å². The van der Waals surface area contributed by atoms with E-state index in [0.29, 0.717) is 30.2 Å². The molecular formula is C20H18N4O2S. The number of imidazole rings is 1. The third kappa shape index (κ3) is 3.54. The second kappa shape index (κ2) is 7.59. The topological polar surface area (TPSA) is 68.9 Å². The fourth-order valence-electron chi connectivity index (χ4n) is 3.04. The first-order valence-corrected chi connectivity index (χ1v) is 9.51. The van der Waals surface area contributed by atoms with Crippen LogP contribution in [0.5, 0.6) is 0 Å². The van der Waals surface area contributed by atoms with E-state index in [0.717, 1.165) is 11.1 Å². The van der Waals surface area contributed by atoms with Crippen LogP contribution in [0.1, 0.15) is 15.2 Å². The Morgan fingerprint density at radius 2 is 1.89 bits per heavy atom. The molecule has 0 saturated carbocycles. The van der Waals surface area contributed by atoms with Crippen molar-refractivity contribution in [2.75, 3.05) is 6.54 Å². The first kappa shape index (κ1) is 17.2. The van der Waals surface area contributed by atoms with Crippen LogP contribution in [0.25, 0.3) is 11.2 Å². The van der Waals surface area contributed by atoms with Crippen molar-refractivity contribution in [3.63, 3.8) is 0 Å². The van der Waals surface area contributed by atoms with Crippen LogP contribution in [0.4, 0.5) is 0 Å². The van der Waals surface area contributed by atoms with Gasteiger partial charge in [-0.15, -0.1) is 11.3 Å². The van der Waals surface area contributed by atoms with Gasteiger partial charge in [-0.3, -0.25) is 13.9 Å². The second-order valence-corrected chi connectivity index (χ2v) is 7.03. The van der Waals surface area contributed by atoms with Crippen molar-refractivity contribution in [3.05, 3.63) is 87.1 Å². The number of aromatic nitrogens is 3. The van der Waals surface area contributed by atoms with Gasteiger partial charge in [0.25, 0.3) is 5.91 Å². The Morgan fingerprint density at radius 3 is 2.67 bits per heavy atom. The van der Waals surface area contributed by atoms with Gasteiger partial charge in [0.1, 0.15) is 0 Å². The highest BCUT2D eigenvalue weighted by atomic mass is 32.1. The molecule has 0 unspecified atom stereocenters. The predicted octanol–water partition coefficient (Wildman–Crippen LogP) is 2.74. The fourth-order valence-corrected chi connectivity index (χ4v) is 3.68. The smallest absolute Gasteiger partial charge is 0.330 e. The van der Waals surface area contributed by atoms with Crippen LogP contribution in [0.15, 0.2) is 71.0 Å². The number of benzene rings is 1. The lowest BCUT2D eigenvalue weighted by Crippen LogP contribution is -2.31. The zero-order chi connectivity index (χ0) is 18.6. The van der Waals surface area contributed by atoms with E-state index in [1.165, 1.54) is 11.3 Å². The summed E-state index contributed by atoms with van der Waals surface area (Å²) in [5, 5.41) is 4.72. The fraction of sp³-hybridized carbons (Fsp3) is 0.150. The molecule has 4 aromatic rings. The first-order chi connectivity index (χ1) is 13.2. The Hall–Kier alpha value is -3.19. The molecule has 0 saturated heterocycles. The molecule has 3 heterocycles. The Labute approximate surface area is 159 Å². The minimum Gasteiger partial charge on any atom is -0.350 e. The minimum atomic E-state index is -0.127. The van der Waals surface area contributed by atoms with Crippen LogP contribution in [0, 0.1) is 0 Å². The molecule has 0 radical (unpaired) electrons. The lowest BCUT2D eigenvalue weighted by molar-refractivity contribution is 0.0956. The Morgan fingerprint density at radius 1 is 1.04 bits per heavy atom. The maximum atomic E-state index is 13.0. The molecule has 0 aliphatic rings. The Balaban J connectivity index is 1.58. The molecule has 136 valence electrons. The van der Waals surface area contributed by atoms with Crippen molar-refractivity contribution in [1.82, 2.24) is 19.4 Å². The van der Waals surface area contributed by atoms with E-state index in [2.05, 4.69) is 10.3 Å². The normalized spacial score (nSPS) is 11.0. The molecule has 0 bridgehead atoms. The molecule has 1 amide bonds. The molecule has 4 rings (SSSR count). The molecule has 0 aliphatic heterocycles. The molecule has 7 heteroatoms. The van der Waals surface area contributed by atoms with Crippen LogP contribution < -0.4 is 11.0 Å². The van der Waals surface area contributed by atoms with Crippen LogP contribution in [0.2, 0.25) is 0 Å². The zero-order valence-corrected chi connectivity index (χ0v) is 15.4. The Kier molecular flexibility index (Phi) is 4.84. The molecule has 1 N–H and O–H groups in total. The van der Waals surface area contributed by atoms with Gasteiger partial charge in [-0.2, -0.15) is 0 Å². The van der Waals surface area contributed by atoms with E-state index in [-0.39, 0.29) is 11.6 Å². The molecule has 27 heavy (non-hydrogen) atoms. The van der Waals surface area contributed by atoms with Gasteiger partial charge >= 0.3 is 5.69 Å². The number of amides is 1. The summed E-state index contributed by atoms with van der Waals surface area (Å²) in [4.78, 5) is 30.1. The van der Waals surface area contributed by atoms with E-state index in [4.69, 9.17) is 0 Å². The third-order valence-electron chi connectivity index (χ3n) is 4.32. The average molecular weight is 378 g/mol. The summed E-state index contributed by atoms with van der Waals surface area (Å²) in [6.07, 6.45) is 1.68. The van der Waals surface area contributed by atoms with Crippen molar-refractivity contribution >= 4 is 28.4 Å². The maximum Gasteiger partial charge on any atom is 0.330 e. The van der Waals surface area contributed by atoms with Crippen LogP contribution in [-0.4, -0.2) is 26.6 Å². The van der Waals surface area contributed by atoms with Crippen molar-refractivity contribution in [2.45, 2.75) is 13.1 Å². The summed E-state index contributed by atoms with van der Waals surface area (Å²) in [7, 11) is 0. The van der Waals surface area contributed by atoms with Crippen molar-refractivity contribution in [2.24, 2.45) is 0 Å². The SMILES string of the molecule is O=C(NCCn1c(=O)n(Cc2ccccc2)c2cccnc21)c1cccs1. The summed E-state index contributed by atoms with van der Waals surface area (Å²) in [6, 6.07) is 17.2. The van der Waals surface area contributed by atoms with Gasteiger partial charge in [0, 0.05) is 19.3 Å². The van der Waals surface area contributed by atoms with Crippen LogP contribution in [0.3, 0.4) is 0 Å². The number of nitrogens with one attached hydrogen (secondary N) is 1. The van der Waals surface area contributed by atoms with Gasteiger partial charge in [-0.05, 0) is 29.1 Å². The highest BCUT2D eigenvalue weighted by Crippen LogP contribution is 2.12. The number of pyridine rings is 1. The largest absolute Gasteiger partial charge is 0.350 e. The lowest BCUT2D eigenvalue weighted by atomic mass is 10.2. The molecule has 6 nitrogen and oxygen atoms in total. The standard InChI is InChI=1S/C20H18N4O2S/c25-19(17-9-5-13-27-17)22-11-12-23-18-16(8-4-10-21-18)24(20(23)26)14-15-6-2-1-3-7-15/h1-10,13H,11-12,14H2,(H,22,25). The summed E-state index contributed by atoms with van der Waals surface area (Å²) < 4.78 is 3.34. The van der Waals surface area contributed by atoms with Crippen molar-refractivity contribution in [1.29, 1.82) is 0 Å². The highest BCUT2D eigenvalue weighted by Gasteiger charge is 2.14. The van der Waals surface area contributed by atoms with Crippen LogP contribution in [-0.2, 0) is 13.1 Å². The van der Waals surface area contributed by atoms with Gasteiger partial charge < -0.3 is 5.32 Å². The molecule has 0 fully saturated rings. The monoisotopic (exact) mass is 378 g/mol. The van der Waals surface area contributed by atoms with E-state index >= 15 is 0 Å². The summed E-state index contributed by atoms with van der Waals surface area (Å²) in [6.45, 7) is 1.21. The number of hydrogen-bond donors (Lipinski definition) is 1. The molecule has 0 aliphatic carbocycles. The lowest BCUT2D eigenvalue weighted by Gasteiger charge is -2.05. The quantitative estimate of drug-likeness (QED) is 0.561. The number of fused-ring (bicyclic) bond motifs is 1. The van der Waals surface area contributed by atoms with Gasteiger partial charge in [-0.1, -0.05) is 36.4 Å². The maximum absolute atomic E-state index is 13.0. The van der Waals surface area contributed by atoms with Crippen LogP contribution >= 0.6 is 11.3 Å². The zero-order valence-electron chi connectivity index (χ0n) is 14.5. The number of thiophene rings is 1. The summed E-state index contributed by atoms with van der Waals surface area (Å²) >= 11 is 1.39. The molecule has 0 spiro atoms. The molecular weight excluding hydrogens is 360 g/mol. The third-order valence-corrected chi connectivity index (χ3v) is 5.19. The predicted molar refractivity (Wildman–Crippen MR) is 106 cm³/mol. The highest BCUT2D eigenvalue weighted by molar-refractivity contribution is 7.12. The first-order valence-electron chi connectivity index (χ1n) is 8.64. The minimum absolute atomic E-state index is 0.126. The number of hydrogen-bond acceptors (Lipinski definition) is 4. The average Bonchev–Trinajstić information content (AvgIpc) is 3.32. The molecule has 3 aromatic heterocycles. The molecule has 0 atom stereocenters. The summed E-state index contributed by atoms with van der Waals surface area (Å²) in [5.41, 5.74) is 2.34. The van der Waals surface area contributed by atoms with E-state index in [1.54, 1.807) is 21.4 Å². The van der Waals surface area contributed by atoms with Crippen molar-refractivity contribution < 1.29 is 4.79 Å². The Bertz CT molecular complexity index is 1110. The van der Waals surface area contributed by atoms with Gasteiger partial charge in [0.05, 0.1) is 16.9 Å². The number of carbonyl (C=O) groups excluding carboxylic acids is 1. The van der Waals surface area contributed by atoms with E-state index in [1.807, 2.05) is 53.9 Å². The number of carbonyl (C=O) groups is 1. The van der Waals surface area contributed by atoms with Gasteiger partial charge in [-0.25, -0.2) is 9.78 Å². The number of rotatable bonds is 6. The number of nitrogens with zero attached hydrogens (tertiary/aromatic N) is 3. The van der Waals surface area contributed by atoms with Crippen molar-refractivity contribution in [3.8, 4) is 0 Å².